The van der Waals surface area contributed by atoms with Crippen LogP contribution in [0.15, 0.2) is 131 Å². The third-order valence-electron chi connectivity index (χ3n) is 5.38. The van der Waals surface area contributed by atoms with Gasteiger partial charge in [-0.2, -0.15) is 0 Å². The molecule has 0 saturated carbocycles. The Morgan fingerprint density at radius 3 is 1.42 bits per heavy atom. The zero-order valence-corrected chi connectivity index (χ0v) is 20.1. The Hall–Kier alpha value is -3.11. The van der Waals surface area contributed by atoms with Crippen molar-refractivity contribution in [2.75, 3.05) is 0 Å². The molecule has 0 aromatic heterocycles. The Bertz CT molecular complexity index is 1030. The van der Waals surface area contributed by atoms with Gasteiger partial charge in [0, 0.05) is 0 Å². The zero-order valence-electron chi connectivity index (χ0n) is 17.2. The maximum atomic E-state index is 12.7. The van der Waals surface area contributed by atoms with E-state index in [1.54, 1.807) is 6.08 Å². The van der Waals surface area contributed by atoms with Gasteiger partial charge in [0.05, 0.1) is 0 Å². The van der Waals surface area contributed by atoms with Gasteiger partial charge in [-0.15, -0.1) is 0 Å². The molecule has 3 heteroatoms. The van der Waals surface area contributed by atoms with Crippen LogP contribution in [0, 0.1) is 0 Å². The minimum atomic E-state index is -3.58. The number of ether oxygens (including phenoxy) is 1. The summed E-state index contributed by atoms with van der Waals surface area (Å²) in [5.41, 5.74) is 0.980. The topological polar surface area (TPSA) is 26.3 Å². The molecule has 0 aliphatic rings. The molecule has 0 aliphatic heterocycles. The summed E-state index contributed by atoms with van der Waals surface area (Å²) < 4.78 is 11.6. The number of carbonyl (C=O) groups excluding carboxylic acids is 1. The number of rotatable bonds is 7. The van der Waals surface area contributed by atoms with Crippen LogP contribution < -0.4 is 10.7 Å². The van der Waals surface area contributed by atoms with Gasteiger partial charge < -0.3 is 0 Å². The van der Waals surface area contributed by atoms with Gasteiger partial charge in [-0.3, -0.25) is 0 Å². The maximum absolute atomic E-state index is 12.7. The first-order chi connectivity index (χ1) is 15.3. The van der Waals surface area contributed by atoms with Crippen LogP contribution in [-0.4, -0.2) is 24.3 Å². The molecule has 0 unspecified atom stereocenters. The Balaban J connectivity index is 1.75. The molecule has 0 fully saturated rings. The molecule has 0 heterocycles. The molecule has 4 aromatic rings. The van der Waals surface area contributed by atoms with Crippen molar-refractivity contribution in [2.24, 2.45) is 0 Å². The molecular weight excluding hydrogens is 487 g/mol. The van der Waals surface area contributed by atoms with Crippen molar-refractivity contribution in [3.63, 3.8) is 0 Å². The Morgan fingerprint density at radius 1 is 0.613 bits per heavy atom. The third kappa shape index (κ3) is 4.97. The molecular formula is C28H24O2Sn. The minimum absolute atomic E-state index is 0.272. The fourth-order valence-electron chi connectivity index (χ4n) is 3.86. The summed E-state index contributed by atoms with van der Waals surface area (Å²) in [6.07, 6.45) is 1.64. The van der Waals surface area contributed by atoms with E-state index in [1.807, 2.05) is 48.5 Å². The van der Waals surface area contributed by atoms with Crippen LogP contribution in [-0.2, 0) is 16.1 Å². The third-order valence-corrected chi connectivity index (χ3v) is 17.9. The molecule has 152 valence electrons. The van der Waals surface area contributed by atoms with Gasteiger partial charge in [-0.05, 0) is 0 Å². The van der Waals surface area contributed by atoms with Gasteiger partial charge in [0.25, 0.3) is 0 Å². The summed E-state index contributed by atoms with van der Waals surface area (Å²) >= 11 is -3.58. The second-order valence-corrected chi connectivity index (χ2v) is 17.8. The standard InChI is InChI=1S/C10H9O2.3C6H5.Sn/c1-2-10(11)12-8-9-6-4-3-5-7-9;3*1-2-4-6-5-3-1;/h1-7H,8H2;3*1-5H;. The number of hydrogen-bond acceptors (Lipinski definition) is 2. The van der Waals surface area contributed by atoms with Crippen molar-refractivity contribution in [1.29, 1.82) is 0 Å². The number of esters is 1. The van der Waals surface area contributed by atoms with E-state index in [-0.39, 0.29) is 12.6 Å². The first-order valence-corrected chi connectivity index (χ1v) is 16.3. The van der Waals surface area contributed by atoms with Crippen molar-refractivity contribution < 1.29 is 9.53 Å². The van der Waals surface area contributed by atoms with Gasteiger partial charge in [-0.25, -0.2) is 0 Å². The Kier molecular flexibility index (Phi) is 7.00. The van der Waals surface area contributed by atoms with E-state index >= 15 is 0 Å². The number of carbonyl (C=O) groups is 1. The molecule has 2 nitrogen and oxygen atoms in total. The average Bonchev–Trinajstić information content (AvgIpc) is 2.86. The summed E-state index contributed by atoms with van der Waals surface area (Å²) in [5.74, 6) is -0.312. The van der Waals surface area contributed by atoms with E-state index in [0.717, 1.165) is 5.56 Å². The summed E-state index contributed by atoms with van der Waals surface area (Å²) in [4.78, 5) is 12.7. The molecule has 4 rings (SSSR count). The van der Waals surface area contributed by atoms with E-state index in [2.05, 4.69) is 76.9 Å². The van der Waals surface area contributed by atoms with Crippen LogP contribution in [0.5, 0.6) is 0 Å². The van der Waals surface area contributed by atoms with Crippen LogP contribution in [0.4, 0.5) is 0 Å². The van der Waals surface area contributed by atoms with E-state index in [1.165, 1.54) is 10.7 Å². The average molecular weight is 511 g/mol. The fraction of sp³-hybridized carbons (Fsp3) is 0.0357. The van der Waals surface area contributed by atoms with E-state index in [4.69, 9.17) is 4.74 Å². The molecule has 0 aliphatic carbocycles. The predicted octanol–water partition coefficient (Wildman–Crippen LogP) is 4.00. The zero-order chi connectivity index (χ0) is 21.4. The van der Waals surface area contributed by atoms with Crippen LogP contribution in [0.3, 0.4) is 0 Å². The predicted molar refractivity (Wildman–Crippen MR) is 129 cm³/mol. The summed E-state index contributed by atoms with van der Waals surface area (Å²) in [7, 11) is 0. The van der Waals surface area contributed by atoms with Gasteiger partial charge >= 0.3 is 188 Å². The monoisotopic (exact) mass is 512 g/mol. The molecule has 4 aromatic carbocycles. The normalized spacial score (nSPS) is 11.4. The summed E-state index contributed by atoms with van der Waals surface area (Å²) in [6, 6.07) is 41.5. The van der Waals surface area contributed by atoms with E-state index < -0.39 is 18.4 Å². The molecule has 31 heavy (non-hydrogen) atoms. The molecule has 0 N–H and O–H groups in total. The van der Waals surface area contributed by atoms with Crippen molar-refractivity contribution in [2.45, 2.75) is 6.61 Å². The molecule has 0 amide bonds. The Morgan fingerprint density at radius 2 is 1.00 bits per heavy atom. The van der Waals surface area contributed by atoms with Crippen LogP contribution >= 0.6 is 0 Å². The van der Waals surface area contributed by atoms with E-state index in [9.17, 15) is 4.79 Å². The van der Waals surface area contributed by atoms with Gasteiger partial charge in [0.15, 0.2) is 0 Å². The summed E-state index contributed by atoms with van der Waals surface area (Å²) in [6.45, 7) is 0.272. The first-order valence-electron chi connectivity index (χ1n) is 10.4. The van der Waals surface area contributed by atoms with Gasteiger partial charge in [0.1, 0.15) is 0 Å². The van der Waals surface area contributed by atoms with Crippen molar-refractivity contribution in [3.8, 4) is 0 Å². The second kappa shape index (κ2) is 10.3. The molecule has 0 saturated heterocycles. The first kappa shape index (κ1) is 21.1. The number of benzene rings is 4. The SMILES string of the molecule is O=C(C=[CH][Sn]([c]1ccccc1)([c]1ccccc1)[c]1ccccc1)OCc1ccccc1. The second-order valence-electron chi connectivity index (χ2n) is 7.33. The van der Waals surface area contributed by atoms with Gasteiger partial charge in [0.2, 0.25) is 0 Å². The van der Waals surface area contributed by atoms with Crippen molar-refractivity contribution in [3.05, 3.63) is 137 Å². The van der Waals surface area contributed by atoms with Crippen LogP contribution in [0.25, 0.3) is 0 Å². The van der Waals surface area contributed by atoms with E-state index in [0.29, 0.717) is 0 Å². The van der Waals surface area contributed by atoms with Crippen molar-refractivity contribution >= 4 is 35.1 Å². The fourth-order valence-corrected chi connectivity index (χ4v) is 15.6. The molecule has 0 spiro atoms. The van der Waals surface area contributed by atoms with Gasteiger partial charge in [-0.1, -0.05) is 0 Å². The quantitative estimate of drug-likeness (QED) is 0.213. The molecule has 0 bridgehead atoms. The van der Waals surface area contributed by atoms with Crippen molar-refractivity contribution in [1.82, 2.24) is 0 Å². The molecule has 0 radical (unpaired) electrons. The van der Waals surface area contributed by atoms with Crippen LogP contribution in [0.2, 0.25) is 0 Å². The Labute approximate surface area is 187 Å². The summed E-state index contributed by atoms with van der Waals surface area (Å²) in [5, 5.41) is 0. The van der Waals surface area contributed by atoms with Crippen LogP contribution in [0.1, 0.15) is 5.56 Å². The number of hydrogen-bond donors (Lipinski definition) is 0. The molecule has 0 atom stereocenters.